The predicted octanol–water partition coefficient (Wildman–Crippen LogP) is 3.89. The lowest BCUT2D eigenvalue weighted by molar-refractivity contribution is 0.0708. The van der Waals surface area contributed by atoms with E-state index in [1.165, 1.54) is 0 Å². The Labute approximate surface area is 185 Å². The molecule has 2 aliphatic rings. The molecule has 2 N–H and O–H groups in total. The van der Waals surface area contributed by atoms with E-state index in [2.05, 4.69) is 40.9 Å². The van der Waals surface area contributed by atoms with Crippen molar-refractivity contribution in [3.63, 3.8) is 0 Å². The predicted molar refractivity (Wildman–Crippen MR) is 124 cm³/mol. The number of aromatic amines is 1. The summed E-state index contributed by atoms with van der Waals surface area (Å²) in [5, 5.41) is 3.81. The topological polar surface area (TPSA) is 68.4 Å². The molecule has 6 heteroatoms. The number of hydrogen-bond acceptors (Lipinski definition) is 3. The number of hydrogen-bond donors (Lipinski definition) is 2. The summed E-state index contributed by atoms with van der Waals surface area (Å²) in [6, 6.07) is 6.00. The SMILES string of the molecule is CN(C)CCCNC(=O)c1c[nH]c2ccc(C(=O)N3CC4(C)CC3CC(C)(C)C4)cc12. The summed E-state index contributed by atoms with van der Waals surface area (Å²) in [4.78, 5) is 33.6. The van der Waals surface area contributed by atoms with E-state index in [9.17, 15) is 9.59 Å². The van der Waals surface area contributed by atoms with Crippen LogP contribution in [0.3, 0.4) is 0 Å². The number of carbonyl (C=O) groups is 2. The van der Waals surface area contributed by atoms with Gasteiger partial charge in [0.15, 0.2) is 0 Å². The number of likely N-dealkylation sites (tertiary alicyclic amines) is 1. The number of nitrogens with zero attached hydrogens (tertiary/aromatic N) is 2. The molecule has 0 spiro atoms. The molecule has 2 fully saturated rings. The lowest BCUT2D eigenvalue weighted by atomic mass is 9.65. The highest BCUT2D eigenvalue weighted by Crippen LogP contribution is 2.52. The fourth-order valence-corrected chi connectivity index (χ4v) is 6.00. The quantitative estimate of drug-likeness (QED) is 0.692. The van der Waals surface area contributed by atoms with Crippen molar-refractivity contribution in [1.82, 2.24) is 20.1 Å². The van der Waals surface area contributed by atoms with Crippen molar-refractivity contribution in [2.24, 2.45) is 10.8 Å². The van der Waals surface area contributed by atoms with Crippen molar-refractivity contribution in [3.8, 4) is 0 Å². The van der Waals surface area contributed by atoms with Crippen LogP contribution in [0.5, 0.6) is 0 Å². The first-order chi connectivity index (χ1) is 14.6. The second kappa shape index (κ2) is 7.97. The number of benzene rings is 1. The lowest BCUT2D eigenvalue weighted by Crippen LogP contribution is -2.37. The number of H-pyrrole nitrogens is 1. The van der Waals surface area contributed by atoms with E-state index in [0.29, 0.717) is 23.7 Å². The van der Waals surface area contributed by atoms with Crippen LogP contribution in [0.25, 0.3) is 10.9 Å². The van der Waals surface area contributed by atoms with Gasteiger partial charge in [-0.15, -0.1) is 0 Å². The molecule has 1 aliphatic carbocycles. The van der Waals surface area contributed by atoms with Gasteiger partial charge in [0.05, 0.1) is 5.56 Å². The summed E-state index contributed by atoms with van der Waals surface area (Å²) in [5.74, 6) is -0.00670. The van der Waals surface area contributed by atoms with Gasteiger partial charge in [0.1, 0.15) is 0 Å². The van der Waals surface area contributed by atoms with Gasteiger partial charge in [-0.3, -0.25) is 9.59 Å². The van der Waals surface area contributed by atoms with Crippen LogP contribution < -0.4 is 5.32 Å². The normalized spacial score (nSPS) is 24.7. The number of carbonyl (C=O) groups excluding carboxylic acids is 2. The van der Waals surface area contributed by atoms with Gasteiger partial charge in [0.2, 0.25) is 0 Å². The molecule has 2 atom stereocenters. The molecule has 1 saturated carbocycles. The molecule has 0 radical (unpaired) electrons. The van der Waals surface area contributed by atoms with Crippen molar-refractivity contribution < 1.29 is 9.59 Å². The Morgan fingerprint density at radius 2 is 2.00 bits per heavy atom. The first kappa shape index (κ1) is 21.9. The molecular weight excluding hydrogens is 388 g/mol. The lowest BCUT2D eigenvalue weighted by Gasteiger charge is -2.39. The van der Waals surface area contributed by atoms with Crippen LogP contribution in [0.4, 0.5) is 0 Å². The van der Waals surface area contributed by atoms with Crippen molar-refractivity contribution >= 4 is 22.7 Å². The maximum atomic E-state index is 13.5. The third-order valence-electron chi connectivity index (χ3n) is 6.92. The van der Waals surface area contributed by atoms with Crippen molar-refractivity contribution in [1.29, 1.82) is 0 Å². The number of amides is 2. The molecule has 31 heavy (non-hydrogen) atoms. The highest BCUT2D eigenvalue weighted by molar-refractivity contribution is 6.08. The Bertz CT molecular complexity index is 993. The molecule has 2 amide bonds. The summed E-state index contributed by atoms with van der Waals surface area (Å²) in [6.07, 6.45) is 5.95. The van der Waals surface area contributed by atoms with Crippen molar-refractivity contribution in [3.05, 3.63) is 35.5 Å². The largest absolute Gasteiger partial charge is 0.360 e. The van der Waals surface area contributed by atoms with Gasteiger partial charge in [0.25, 0.3) is 11.8 Å². The number of rotatable bonds is 6. The van der Waals surface area contributed by atoms with Crippen LogP contribution in [-0.4, -0.2) is 66.4 Å². The van der Waals surface area contributed by atoms with Crippen molar-refractivity contribution in [2.45, 2.75) is 52.5 Å². The van der Waals surface area contributed by atoms with Crippen LogP contribution in [0.2, 0.25) is 0 Å². The Balaban J connectivity index is 1.52. The van der Waals surface area contributed by atoms with Crippen LogP contribution in [-0.2, 0) is 0 Å². The molecule has 1 aliphatic heterocycles. The number of fused-ring (bicyclic) bond motifs is 3. The molecule has 168 valence electrons. The zero-order valence-electron chi connectivity index (χ0n) is 19.5. The van der Waals surface area contributed by atoms with E-state index in [4.69, 9.17) is 0 Å². The molecule has 2 heterocycles. The fraction of sp³-hybridized carbons (Fsp3) is 0.600. The van der Waals surface area contributed by atoms with Gasteiger partial charge in [-0.25, -0.2) is 0 Å². The molecular formula is C25H36N4O2. The summed E-state index contributed by atoms with van der Waals surface area (Å²) in [5.41, 5.74) is 2.63. The van der Waals surface area contributed by atoms with Gasteiger partial charge in [-0.2, -0.15) is 0 Å². The van der Waals surface area contributed by atoms with Gasteiger partial charge in [-0.05, 0) is 75.4 Å². The monoisotopic (exact) mass is 424 g/mol. The third kappa shape index (κ3) is 4.49. The number of nitrogens with one attached hydrogen (secondary N) is 2. The highest BCUT2D eigenvalue weighted by Gasteiger charge is 2.51. The minimum atomic E-state index is -0.0964. The maximum absolute atomic E-state index is 13.5. The van der Waals surface area contributed by atoms with Gasteiger partial charge in [-0.1, -0.05) is 20.8 Å². The highest BCUT2D eigenvalue weighted by atomic mass is 16.2. The first-order valence-corrected chi connectivity index (χ1v) is 11.4. The van der Waals surface area contributed by atoms with E-state index in [0.717, 1.165) is 49.7 Å². The second-order valence-electron chi connectivity index (χ2n) is 11.0. The third-order valence-corrected chi connectivity index (χ3v) is 6.92. The number of aromatic nitrogens is 1. The van der Waals surface area contributed by atoms with Crippen molar-refractivity contribution in [2.75, 3.05) is 33.7 Å². The fourth-order valence-electron chi connectivity index (χ4n) is 6.00. The van der Waals surface area contributed by atoms with E-state index in [1.54, 1.807) is 6.20 Å². The maximum Gasteiger partial charge on any atom is 0.254 e. The Morgan fingerprint density at radius 3 is 2.74 bits per heavy atom. The Morgan fingerprint density at radius 1 is 1.23 bits per heavy atom. The van der Waals surface area contributed by atoms with E-state index in [1.807, 2.05) is 32.3 Å². The molecule has 1 saturated heterocycles. The van der Waals surface area contributed by atoms with Crippen LogP contribution in [0.1, 0.15) is 67.2 Å². The minimum absolute atomic E-state index is 0.0897. The zero-order valence-corrected chi connectivity index (χ0v) is 19.5. The van der Waals surface area contributed by atoms with Crippen LogP contribution in [0, 0.1) is 10.8 Å². The summed E-state index contributed by atoms with van der Waals surface area (Å²) >= 11 is 0. The average molecular weight is 425 g/mol. The van der Waals surface area contributed by atoms with E-state index >= 15 is 0 Å². The molecule has 2 unspecified atom stereocenters. The zero-order chi connectivity index (χ0) is 22.4. The molecule has 6 nitrogen and oxygen atoms in total. The summed E-state index contributed by atoms with van der Waals surface area (Å²) in [7, 11) is 4.05. The van der Waals surface area contributed by atoms with Gasteiger partial charge >= 0.3 is 0 Å². The standard InChI is InChI=1S/C25H36N4O2/c1-24(2)12-18-13-25(3,15-24)16-29(18)23(31)17-7-8-21-19(11-17)20(14-27-21)22(30)26-9-6-10-28(4)5/h7-8,11,14,18,27H,6,9-10,12-13,15-16H2,1-5H3,(H,26,30). The summed E-state index contributed by atoms with van der Waals surface area (Å²) < 4.78 is 0. The molecule has 2 aromatic rings. The smallest absolute Gasteiger partial charge is 0.254 e. The van der Waals surface area contributed by atoms with E-state index < -0.39 is 0 Å². The molecule has 4 rings (SSSR count). The first-order valence-electron chi connectivity index (χ1n) is 11.4. The Hall–Kier alpha value is -2.34. The Kier molecular flexibility index (Phi) is 5.63. The second-order valence-corrected chi connectivity index (χ2v) is 11.0. The minimum Gasteiger partial charge on any atom is -0.360 e. The molecule has 1 aromatic heterocycles. The van der Waals surface area contributed by atoms with Crippen LogP contribution in [0.15, 0.2) is 24.4 Å². The van der Waals surface area contributed by atoms with Gasteiger partial charge < -0.3 is 20.1 Å². The summed E-state index contributed by atoms with van der Waals surface area (Å²) in [6.45, 7) is 9.35. The average Bonchev–Trinajstić information content (AvgIpc) is 3.20. The van der Waals surface area contributed by atoms with E-state index in [-0.39, 0.29) is 22.6 Å². The van der Waals surface area contributed by atoms with Gasteiger partial charge in [0, 0.05) is 41.8 Å². The van der Waals surface area contributed by atoms with Crippen LogP contribution >= 0.6 is 0 Å². The molecule has 2 bridgehead atoms. The molecule has 1 aromatic carbocycles.